The van der Waals surface area contributed by atoms with Gasteiger partial charge in [0.2, 0.25) is 0 Å². The van der Waals surface area contributed by atoms with Crippen molar-refractivity contribution in [1.82, 2.24) is 10.1 Å². The molecule has 2 heterocycles. The molecule has 1 saturated heterocycles. The third-order valence-electron chi connectivity index (χ3n) is 3.37. The molecule has 0 bridgehead atoms. The zero-order chi connectivity index (χ0) is 12.4. The lowest BCUT2D eigenvalue weighted by molar-refractivity contribution is 0.423. The maximum Gasteiger partial charge on any atom is 0.257 e. The minimum absolute atomic E-state index is 0.611. The summed E-state index contributed by atoms with van der Waals surface area (Å²) in [5.74, 6) is 1.37. The van der Waals surface area contributed by atoms with Crippen LogP contribution >= 0.6 is 0 Å². The minimum atomic E-state index is 0.611. The Morgan fingerprint density at radius 1 is 1.17 bits per heavy atom. The molecule has 1 aromatic carbocycles. The molecular formula is C14H17N3O. The van der Waals surface area contributed by atoms with Gasteiger partial charge in [0, 0.05) is 30.8 Å². The van der Waals surface area contributed by atoms with Crippen molar-refractivity contribution in [3.05, 3.63) is 30.1 Å². The molecule has 0 atom stereocenters. The molecule has 94 valence electrons. The molecule has 1 fully saturated rings. The first kappa shape index (κ1) is 11.3. The first-order valence-electron chi connectivity index (χ1n) is 6.55. The third kappa shape index (κ3) is 2.10. The first-order valence-corrected chi connectivity index (χ1v) is 6.55. The predicted octanol–water partition coefficient (Wildman–Crippen LogP) is 2.90. The fraction of sp³-hybridized carbons (Fsp3) is 0.429. The van der Waals surface area contributed by atoms with Gasteiger partial charge in [0.15, 0.2) is 5.82 Å². The first-order chi connectivity index (χ1) is 8.86. The van der Waals surface area contributed by atoms with Crippen molar-refractivity contribution in [3.63, 3.8) is 0 Å². The van der Waals surface area contributed by atoms with Crippen molar-refractivity contribution in [1.29, 1.82) is 0 Å². The van der Waals surface area contributed by atoms with E-state index in [2.05, 4.69) is 39.3 Å². The molecule has 4 nitrogen and oxygen atoms in total. The smallest absolute Gasteiger partial charge is 0.257 e. The van der Waals surface area contributed by atoms with E-state index in [1.54, 1.807) is 0 Å². The number of rotatable bonds is 3. The molecular weight excluding hydrogens is 226 g/mol. The van der Waals surface area contributed by atoms with Gasteiger partial charge in [-0.2, -0.15) is 4.98 Å². The van der Waals surface area contributed by atoms with Crippen molar-refractivity contribution in [2.75, 3.05) is 18.0 Å². The topological polar surface area (TPSA) is 42.2 Å². The fourth-order valence-corrected chi connectivity index (χ4v) is 2.30. The minimum Gasteiger partial charge on any atom is -0.372 e. The maximum absolute atomic E-state index is 5.23. The molecule has 4 heteroatoms. The number of hydrogen-bond acceptors (Lipinski definition) is 4. The van der Waals surface area contributed by atoms with E-state index in [9.17, 15) is 0 Å². The van der Waals surface area contributed by atoms with Crippen LogP contribution < -0.4 is 4.90 Å². The van der Waals surface area contributed by atoms with E-state index in [0.717, 1.165) is 17.8 Å². The van der Waals surface area contributed by atoms with Gasteiger partial charge in [0.25, 0.3) is 5.89 Å². The van der Waals surface area contributed by atoms with E-state index in [4.69, 9.17) is 4.52 Å². The summed E-state index contributed by atoms with van der Waals surface area (Å²) in [6.45, 7) is 4.35. The van der Waals surface area contributed by atoms with Crippen molar-refractivity contribution in [2.24, 2.45) is 0 Å². The highest BCUT2D eigenvalue weighted by atomic mass is 16.5. The molecule has 0 N–H and O–H groups in total. The molecule has 0 spiro atoms. The lowest BCUT2D eigenvalue weighted by atomic mass is 10.2. The molecule has 1 aliphatic rings. The van der Waals surface area contributed by atoms with Crippen LogP contribution in [0.1, 0.15) is 25.6 Å². The predicted molar refractivity (Wildman–Crippen MR) is 70.6 cm³/mol. The molecule has 18 heavy (non-hydrogen) atoms. The van der Waals surface area contributed by atoms with Gasteiger partial charge < -0.3 is 9.42 Å². The molecule has 2 aromatic rings. The Labute approximate surface area is 107 Å². The molecule has 1 aliphatic heterocycles. The fourth-order valence-electron chi connectivity index (χ4n) is 2.30. The Hall–Kier alpha value is -1.84. The van der Waals surface area contributed by atoms with Crippen molar-refractivity contribution in [2.45, 2.75) is 26.2 Å². The van der Waals surface area contributed by atoms with Crippen molar-refractivity contribution >= 4 is 5.69 Å². The monoisotopic (exact) mass is 243 g/mol. The van der Waals surface area contributed by atoms with Crippen LogP contribution in [0.15, 0.2) is 28.8 Å². The van der Waals surface area contributed by atoms with Crippen LogP contribution in [0.2, 0.25) is 0 Å². The summed E-state index contributed by atoms with van der Waals surface area (Å²) in [6, 6.07) is 8.38. The number of nitrogens with zero attached hydrogens (tertiary/aromatic N) is 3. The maximum atomic E-state index is 5.23. The summed E-state index contributed by atoms with van der Waals surface area (Å²) >= 11 is 0. The summed E-state index contributed by atoms with van der Waals surface area (Å²) in [4.78, 5) is 6.75. The highest BCUT2D eigenvalue weighted by molar-refractivity contribution is 5.59. The second-order valence-electron chi connectivity index (χ2n) is 4.61. The number of aryl methyl sites for hydroxylation is 1. The highest BCUT2D eigenvalue weighted by Crippen LogP contribution is 2.24. The van der Waals surface area contributed by atoms with Gasteiger partial charge in [-0.25, -0.2) is 0 Å². The highest BCUT2D eigenvalue weighted by Gasteiger charge is 2.13. The SMILES string of the molecule is CCc1noc(-c2ccc(N3CCCC3)cc2)n1. The number of benzene rings is 1. The summed E-state index contributed by atoms with van der Waals surface area (Å²) in [5, 5.41) is 3.91. The Morgan fingerprint density at radius 3 is 2.50 bits per heavy atom. The molecule has 0 radical (unpaired) electrons. The van der Waals surface area contributed by atoms with Crippen LogP contribution in [-0.2, 0) is 6.42 Å². The van der Waals surface area contributed by atoms with Gasteiger partial charge >= 0.3 is 0 Å². The van der Waals surface area contributed by atoms with Crippen LogP contribution in [0.5, 0.6) is 0 Å². The molecule has 0 aliphatic carbocycles. The summed E-state index contributed by atoms with van der Waals surface area (Å²) in [6.07, 6.45) is 3.39. The lowest BCUT2D eigenvalue weighted by Gasteiger charge is -2.17. The standard InChI is InChI=1S/C14H17N3O/c1-2-13-15-14(18-16-13)11-5-7-12(8-6-11)17-9-3-4-10-17/h5-8H,2-4,9-10H2,1H3. The second-order valence-corrected chi connectivity index (χ2v) is 4.61. The molecule has 0 saturated carbocycles. The third-order valence-corrected chi connectivity index (χ3v) is 3.37. The normalized spacial score (nSPS) is 15.3. The van der Waals surface area contributed by atoms with E-state index in [0.29, 0.717) is 5.89 Å². The van der Waals surface area contributed by atoms with Crippen LogP contribution in [0.4, 0.5) is 5.69 Å². The quantitative estimate of drug-likeness (QED) is 0.831. The second kappa shape index (κ2) is 4.80. The van der Waals surface area contributed by atoms with E-state index in [1.807, 2.05) is 6.92 Å². The molecule has 0 unspecified atom stereocenters. The van der Waals surface area contributed by atoms with Crippen molar-refractivity contribution in [3.8, 4) is 11.5 Å². The average Bonchev–Trinajstić information content (AvgIpc) is 3.10. The van der Waals surface area contributed by atoms with Crippen LogP contribution in [0.25, 0.3) is 11.5 Å². The molecule has 1 aromatic heterocycles. The number of hydrogen-bond donors (Lipinski definition) is 0. The Morgan fingerprint density at radius 2 is 1.89 bits per heavy atom. The summed E-state index contributed by atoms with van der Waals surface area (Å²) in [5.41, 5.74) is 2.27. The van der Waals surface area contributed by atoms with Gasteiger partial charge in [0.05, 0.1) is 0 Å². The van der Waals surface area contributed by atoms with Crippen LogP contribution in [0.3, 0.4) is 0 Å². The van der Waals surface area contributed by atoms with Gasteiger partial charge in [-0.1, -0.05) is 12.1 Å². The van der Waals surface area contributed by atoms with E-state index in [-0.39, 0.29) is 0 Å². The zero-order valence-electron chi connectivity index (χ0n) is 10.6. The molecule has 0 amide bonds. The summed E-state index contributed by atoms with van der Waals surface area (Å²) < 4.78 is 5.23. The van der Waals surface area contributed by atoms with E-state index >= 15 is 0 Å². The van der Waals surface area contributed by atoms with Gasteiger partial charge in [-0.3, -0.25) is 0 Å². The van der Waals surface area contributed by atoms with Gasteiger partial charge in [0.1, 0.15) is 0 Å². The number of aromatic nitrogens is 2. The lowest BCUT2D eigenvalue weighted by Crippen LogP contribution is -2.17. The van der Waals surface area contributed by atoms with E-state index < -0.39 is 0 Å². The van der Waals surface area contributed by atoms with Gasteiger partial charge in [-0.05, 0) is 37.1 Å². The zero-order valence-corrected chi connectivity index (χ0v) is 10.6. The summed E-state index contributed by atoms with van der Waals surface area (Å²) in [7, 11) is 0. The van der Waals surface area contributed by atoms with E-state index in [1.165, 1.54) is 31.6 Å². The van der Waals surface area contributed by atoms with Crippen LogP contribution in [0, 0.1) is 0 Å². The largest absolute Gasteiger partial charge is 0.372 e. The van der Waals surface area contributed by atoms with Crippen molar-refractivity contribution < 1.29 is 4.52 Å². The van der Waals surface area contributed by atoms with Gasteiger partial charge in [-0.15, -0.1) is 0 Å². The number of anilines is 1. The Balaban J connectivity index is 1.81. The van der Waals surface area contributed by atoms with Crippen LogP contribution in [-0.4, -0.2) is 23.2 Å². The molecule has 3 rings (SSSR count). The average molecular weight is 243 g/mol. The Kier molecular flexibility index (Phi) is 3.00. The Bertz CT molecular complexity index is 512.